The van der Waals surface area contributed by atoms with Crippen molar-refractivity contribution in [3.63, 3.8) is 0 Å². The second-order valence-corrected chi connectivity index (χ2v) is 11.7. The van der Waals surface area contributed by atoms with Crippen LogP contribution < -0.4 is 9.64 Å². The summed E-state index contributed by atoms with van der Waals surface area (Å²) < 4.78 is 9.55. The summed E-state index contributed by atoms with van der Waals surface area (Å²) in [5.41, 5.74) is 5.76. The Bertz CT molecular complexity index is 1220. The number of fused-ring (bicyclic) bond motifs is 2. The predicted molar refractivity (Wildman–Crippen MR) is 141 cm³/mol. The highest BCUT2D eigenvalue weighted by Crippen LogP contribution is 2.49. The summed E-state index contributed by atoms with van der Waals surface area (Å²) in [6.45, 7) is 12.3. The van der Waals surface area contributed by atoms with Crippen molar-refractivity contribution in [2.24, 2.45) is 0 Å². The van der Waals surface area contributed by atoms with Crippen molar-refractivity contribution in [1.29, 1.82) is 0 Å². The second kappa shape index (κ2) is 9.03. The number of hydrogen-bond acceptors (Lipinski definition) is 6. The van der Waals surface area contributed by atoms with Gasteiger partial charge in [0.2, 0.25) is 0 Å². The van der Waals surface area contributed by atoms with E-state index in [1.165, 1.54) is 28.2 Å². The van der Waals surface area contributed by atoms with Gasteiger partial charge in [0.25, 0.3) is 5.91 Å². The van der Waals surface area contributed by atoms with Crippen LogP contribution in [0, 0.1) is 6.92 Å². The van der Waals surface area contributed by atoms with Crippen molar-refractivity contribution in [3.05, 3.63) is 69.7 Å². The Balaban J connectivity index is 1.35. The molecule has 2 aromatic carbocycles. The first-order chi connectivity index (χ1) is 16.7. The number of piperidine rings is 1. The lowest BCUT2D eigenvalue weighted by molar-refractivity contribution is 0.0978. The number of carbonyl (C=O) groups excluding carboxylic acids is 1. The average Bonchev–Trinajstić information content (AvgIpc) is 3.41. The van der Waals surface area contributed by atoms with Gasteiger partial charge in [-0.1, -0.05) is 49.5 Å². The van der Waals surface area contributed by atoms with E-state index < -0.39 is 0 Å². The molecule has 0 radical (unpaired) electrons. The molecule has 1 amide bonds. The third kappa shape index (κ3) is 4.47. The molecule has 0 aliphatic carbocycles. The molecular weight excluding hydrogens is 456 g/mol. The Hall–Kier alpha value is -2.77. The van der Waals surface area contributed by atoms with E-state index in [1.807, 2.05) is 24.0 Å². The van der Waals surface area contributed by atoms with Crippen LogP contribution in [0.15, 0.2) is 42.5 Å². The molecule has 1 aromatic heterocycles. The van der Waals surface area contributed by atoms with Crippen molar-refractivity contribution in [1.82, 2.24) is 14.5 Å². The summed E-state index contributed by atoms with van der Waals surface area (Å²) in [7, 11) is 1.70. The highest BCUT2D eigenvalue weighted by Gasteiger charge is 2.47. The fourth-order valence-corrected chi connectivity index (χ4v) is 6.05. The summed E-state index contributed by atoms with van der Waals surface area (Å²) in [6, 6.07) is 15.2. The highest BCUT2D eigenvalue weighted by molar-refractivity contribution is 7.08. The van der Waals surface area contributed by atoms with E-state index in [4.69, 9.17) is 4.74 Å². The standard InChI is InChI=1S/C28H34N4O2S/c1-19-25(35-30-29-19)26(33)32-18-28(23-16-22(34-5)10-11-24(23)32)12-14-31(15-13-28)17-20-6-8-21(9-7-20)27(2,3)4/h6-11,16H,12-15,17-18H2,1-5H3. The maximum atomic E-state index is 13.5. The van der Waals surface area contributed by atoms with Gasteiger partial charge >= 0.3 is 0 Å². The van der Waals surface area contributed by atoms with Crippen molar-refractivity contribution in [2.75, 3.05) is 31.6 Å². The van der Waals surface area contributed by atoms with Gasteiger partial charge in [-0.25, -0.2) is 0 Å². The zero-order chi connectivity index (χ0) is 24.8. The van der Waals surface area contributed by atoms with Crippen LogP contribution in [0.3, 0.4) is 0 Å². The first kappa shape index (κ1) is 23.9. The lowest BCUT2D eigenvalue weighted by Gasteiger charge is -2.40. The van der Waals surface area contributed by atoms with E-state index >= 15 is 0 Å². The molecule has 1 saturated heterocycles. The number of amides is 1. The first-order valence-corrected chi connectivity index (χ1v) is 13.1. The van der Waals surface area contributed by atoms with E-state index in [9.17, 15) is 4.79 Å². The molecule has 1 spiro atoms. The van der Waals surface area contributed by atoms with Crippen LogP contribution in [0.2, 0.25) is 0 Å². The molecule has 0 saturated carbocycles. The van der Waals surface area contributed by atoms with Crippen molar-refractivity contribution in [2.45, 2.75) is 57.9 Å². The average molecular weight is 491 g/mol. The van der Waals surface area contributed by atoms with Gasteiger partial charge in [0.1, 0.15) is 10.6 Å². The molecule has 3 aromatic rings. The number of hydrogen-bond donors (Lipinski definition) is 0. The molecule has 1 fully saturated rings. The molecule has 0 atom stereocenters. The highest BCUT2D eigenvalue weighted by atomic mass is 32.1. The topological polar surface area (TPSA) is 58.6 Å². The van der Waals surface area contributed by atoms with Gasteiger partial charge in [0, 0.05) is 24.2 Å². The molecule has 35 heavy (non-hydrogen) atoms. The van der Waals surface area contributed by atoms with E-state index in [1.54, 1.807) is 7.11 Å². The number of aryl methyl sites for hydroxylation is 1. The van der Waals surface area contributed by atoms with Crippen LogP contribution in [0.1, 0.15) is 65.7 Å². The Morgan fingerprint density at radius 2 is 1.83 bits per heavy atom. The van der Waals surface area contributed by atoms with Gasteiger partial charge in [-0.2, -0.15) is 0 Å². The second-order valence-electron chi connectivity index (χ2n) is 11.0. The molecule has 5 rings (SSSR count). The van der Waals surface area contributed by atoms with Gasteiger partial charge in [-0.3, -0.25) is 9.69 Å². The Morgan fingerprint density at radius 3 is 2.43 bits per heavy atom. The van der Waals surface area contributed by atoms with Crippen molar-refractivity contribution in [3.8, 4) is 5.75 Å². The normalized spacial score (nSPS) is 17.6. The Morgan fingerprint density at radius 1 is 1.11 bits per heavy atom. The summed E-state index contributed by atoms with van der Waals surface area (Å²) >= 11 is 1.18. The van der Waals surface area contributed by atoms with Crippen LogP contribution in [-0.4, -0.2) is 47.1 Å². The van der Waals surface area contributed by atoms with Crippen molar-refractivity contribution >= 4 is 23.1 Å². The van der Waals surface area contributed by atoms with Crippen LogP contribution in [-0.2, 0) is 17.4 Å². The third-order valence-electron chi connectivity index (χ3n) is 7.66. The molecule has 7 heteroatoms. The molecule has 0 bridgehead atoms. The quantitative estimate of drug-likeness (QED) is 0.494. The lowest BCUT2D eigenvalue weighted by atomic mass is 9.74. The van der Waals surface area contributed by atoms with Crippen LogP contribution in [0.5, 0.6) is 5.75 Å². The fraction of sp³-hybridized carbons (Fsp3) is 0.464. The number of anilines is 1. The number of likely N-dealkylation sites (tertiary alicyclic amines) is 1. The zero-order valence-electron chi connectivity index (χ0n) is 21.3. The third-order valence-corrected chi connectivity index (χ3v) is 8.47. The number of rotatable bonds is 4. The number of benzene rings is 2. The molecule has 2 aliphatic rings. The summed E-state index contributed by atoms with van der Waals surface area (Å²) in [5, 5.41) is 4.06. The van der Waals surface area contributed by atoms with E-state index in [2.05, 4.69) is 65.6 Å². The molecule has 6 nitrogen and oxygen atoms in total. The minimum Gasteiger partial charge on any atom is -0.497 e. The minimum absolute atomic E-state index is 0.00200. The van der Waals surface area contributed by atoms with Crippen LogP contribution in [0.25, 0.3) is 0 Å². The fourth-order valence-electron chi connectivity index (χ4n) is 5.44. The maximum absolute atomic E-state index is 13.5. The van der Waals surface area contributed by atoms with Crippen molar-refractivity contribution < 1.29 is 9.53 Å². The molecule has 3 heterocycles. The molecule has 184 valence electrons. The molecule has 0 N–H and O–H groups in total. The lowest BCUT2D eigenvalue weighted by Crippen LogP contribution is -2.45. The molecule has 0 unspecified atom stereocenters. The van der Waals surface area contributed by atoms with E-state index in [0.717, 1.165) is 43.9 Å². The summed E-state index contributed by atoms with van der Waals surface area (Å²) in [6.07, 6.45) is 2.02. The largest absolute Gasteiger partial charge is 0.497 e. The Kier molecular flexibility index (Phi) is 6.18. The van der Waals surface area contributed by atoms with Gasteiger partial charge < -0.3 is 9.64 Å². The summed E-state index contributed by atoms with van der Waals surface area (Å²) in [4.78, 5) is 18.6. The number of methoxy groups -OCH3 is 1. The zero-order valence-corrected chi connectivity index (χ0v) is 22.1. The number of carbonyl (C=O) groups is 1. The predicted octanol–water partition coefficient (Wildman–Crippen LogP) is 5.35. The molecule has 2 aliphatic heterocycles. The van der Waals surface area contributed by atoms with E-state index in [-0.39, 0.29) is 16.7 Å². The van der Waals surface area contributed by atoms with Crippen LogP contribution in [0.4, 0.5) is 5.69 Å². The minimum atomic E-state index is -0.0574. The number of aromatic nitrogens is 2. The smallest absolute Gasteiger partial charge is 0.271 e. The number of nitrogens with zero attached hydrogens (tertiary/aromatic N) is 4. The van der Waals surface area contributed by atoms with Crippen LogP contribution >= 0.6 is 11.5 Å². The first-order valence-electron chi connectivity index (χ1n) is 12.3. The maximum Gasteiger partial charge on any atom is 0.271 e. The number of ether oxygens (including phenoxy) is 1. The van der Waals surface area contributed by atoms with E-state index in [0.29, 0.717) is 17.1 Å². The van der Waals surface area contributed by atoms with Gasteiger partial charge in [0.05, 0.1) is 12.8 Å². The Labute approximate surface area is 212 Å². The molecular formula is C28H34N4O2S. The van der Waals surface area contributed by atoms with Gasteiger partial charge in [-0.15, -0.1) is 5.10 Å². The monoisotopic (exact) mass is 490 g/mol. The summed E-state index contributed by atoms with van der Waals surface area (Å²) in [5.74, 6) is 0.844. The van der Waals surface area contributed by atoms with Gasteiger partial charge in [0.15, 0.2) is 0 Å². The van der Waals surface area contributed by atoms with Gasteiger partial charge in [-0.05, 0) is 84.7 Å². The SMILES string of the molecule is COc1ccc2c(c1)C1(CCN(Cc3ccc(C(C)(C)C)cc3)CC1)CN2C(=O)c1snnc1C.